The number of ether oxygens (including phenoxy) is 1. The molecule has 1 amide bonds. The lowest BCUT2D eigenvalue weighted by molar-refractivity contribution is -0.117. The first-order chi connectivity index (χ1) is 14.5. The maximum Gasteiger partial charge on any atom is 0.275 e. The molecule has 4 rings (SSSR count). The highest BCUT2D eigenvalue weighted by Gasteiger charge is 2.14. The van der Waals surface area contributed by atoms with Gasteiger partial charge < -0.3 is 10.1 Å². The molecule has 6 heteroatoms. The van der Waals surface area contributed by atoms with Gasteiger partial charge in [-0.25, -0.2) is 4.68 Å². The molecule has 0 unspecified atom stereocenters. The van der Waals surface area contributed by atoms with Gasteiger partial charge in [-0.05, 0) is 49.4 Å². The van der Waals surface area contributed by atoms with Crippen LogP contribution in [0.25, 0.3) is 22.0 Å². The van der Waals surface area contributed by atoms with Gasteiger partial charge in [0.25, 0.3) is 5.56 Å². The van der Waals surface area contributed by atoms with Crippen LogP contribution in [0.4, 0.5) is 5.69 Å². The number of nitrogens with one attached hydrogen (secondary N) is 1. The van der Waals surface area contributed by atoms with Crippen molar-refractivity contribution < 1.29 is 9.53 Å². The maximum absolute atomic E-state index is 12.9. The number of hydrogen-bond acceptors (Lipinski definition) is 4. The molecule has 0 bridgehead atoms. The van der Waals surface area contributed by atoms with Crippen molar-refractivity contribution in [1.29, 1.82) is 0 Å². The number of fused-ring (bicyclic) bond motifs is 1. The van der Waals surface area contributed by atoms with E-state index in [1.54, 1.807) is 19.2 Å². The van der Waals surface area contributed by atoms with Gasteiger partial charge in [0.2, 0.25) is 5.91 Å². The third-order valence-corrected chi connectivity index (χ3v) is 4.86. The van der Waals surface area contributed by atoms with Crippen LogP contribution >= 0.6 is 0 Å². The van der Waals surface area contributed by atoms with E-state index in [2.05, 4.69) is 10.4 Å². The number of amides is 1. The van der Waals surface area contributed by atoms with Gasteiger partial charge in [0, 0.05) is 16.6 Å². The number of aromatic nitrogens is 2. The number of rotatable bonds is 5. The van der Waals surface area contributed by atoms with Gasteiger partial charge in [-0.2, -0.15) is 5.10 Å². The van der Waals surface area contributed by atoms with Crippen LogP contribution in [-0.4, -0.2) is 22.8 Å². The highest BCUT2D eigenvalue weighted by atomic mass is 16.5. The van der Waals surface area contributed by atoms with E-state index in [4.69, 9.17) is 4.74 Å². The number of nitrogens with zero attached hydrogens (tertiary/aromatic N) is 2. The lowest BCUT2D eigenvalue weighted by Crippen LogP contribution is -2.30. The Kier molecular flexibility index (Phi) is 5.30. The molecule has 3 aromatic carbocycles. The second kappa shape index (κ2) is 8.21. The molecule has 1 aromatic heterocycles. The van der Waals surface area contributed by atoms with Crippen LogP contribution in [0.2, 0.25) is 0 Å². The maximum atomic E-state index is 12.9. The summed E-state index contributed by atoms with van der Waals surface area (Å²) in [6.07, 6.45) is 0. The van der Waals surface area contributed by atoms with Crippen molar-refractivity contribution in [2.24, 2.45) is 0 Å². The van der Waals surface area contributed by atoms with Crippen LogP contribution in [0.5, 0.6) is 5.75 Å². The molecule has 150 valence electrons. The van der Waals surface area contributed by atoms with Crippen LogP contribution in [-0.2, 0) is 11.3 Å². The topological polar surface area (TPSA) is 73.2 Å². The van der Waals surface area contributed by atoms with Gasteiger partial charge in [-0.15, -0.1) is 0 Å². The molecule has 0 spiro atoms. The second-order valence-electron chi connectivity index (χ2n) is 7.00. The van der Waals surface area contributed by atoms with Crippen molar-refractivity contribution in [1.82, 2.24) is 9.78 Å². The molecule has 0 saturated carbocycles. The van der Waals surface area contributed by atoms with E-state index in [1.807, 2.05) is 67.6 Å². The van der Waals surface area contributed by atoms with Crippen molar-refractivity contribution in [3.8, 4) is 17.0 Å². The van der Waals surface area contributed by atoms with E-state index in [0.717, 1.165) is 22.3 Å². The van der Waals surface area contributed by atoms with Crippen LogP contribution in [0.1, 0.15) is 5.56 Å². The number of hydrogen-bond donors (Lipinski definition) is 1. The van der Waals surface area contributed by atoms with Crippen molar-refractivity contribution in [2.75, 3.05) is 12.4 Å². The Balaban J connectivity index is 1.72. The zero-order chi connectivity index (χ0) is 21.1. The molecule has 1 N–H and O–H groups in total. The highest BCUT2D eigenvalue weighted by molar-refractivity contribution is 5.94. The third kappa shape index (κ3) is 3.93. The molecule has 30 heavy (non-hydrogen) atoms. The van der Waals surface area contributed by atoms with Gasteiger partial charge in [-0.1, -0.05) is 35.9 Å². The SMILES string of the molecule is COc1ccc(-c2nn(CC(=O)Nc3ccc(C)cc3)c(=O)c3ccccc23)cc1. The lowest BCUT2D eigenvalue weighted by atomic mass is 10.0. The predicted molar refractivity (Wildman–Crippen MR) is 118 cm³/mol. The normalized spacial score (nSPS) is 10.7. The summed E-state index contributed by atoms with van der Waals surface area (Å²) in [7, 11) is 1.61. The zero-order valence-corrected chi connectivity index (χ0v) is 16.8. The molecule has 0 fully saturated rings. The Morgan fingerprint density at radius 3 is 2.30 bits per heavy atom. The van der Waals surface area contributed by atoms with Gasteiger partial charge in [0.1, 0.15) is 12.3 Å². The molecule has 0 aliphatic rings. The summed E-state index contributed by atoms with van der Waals surface area (Å²) in [5.41, 5.74) is 2.94. The summed E-state index contributed by atoms with van der Waals surface area (Å²) in [6, 6.07) is 22.2. The molecule has 0 saturated heterocycles. The number of anilines is 1. The predicted octanol–water partition coefficient (Wildman–Crippen LogP) is 4.02. The van der Waals surface area contributed by atoms with E-state index in [1.165, 1.54) is 4.68 Å². The Morgan fingerprint density at radius 2 is 1.63 bits per heavy atom. The van der Waals surface area contributed by atoms with Crippen LogP contribution in [0.15, 0.2) is 77.6 Å². The Bertz CT molecular complexity index is 1260. The summed E-state index contributed by atoms with van der Waals surface area (Å²) < 4.78 is 6.44. The molecule has 0 atom stereocenters. The number of carbonyl (C=O) groups is 1. The Labute approximate surface area is 173 Å². The smallest absolute Gasteiger partial charge is 0.275 e. The summed E-state index contributed by atoms with van der Waals surface area (Å²) in [5.74, 6) is 0.415. The summed E-state index contributed by atoms with van der Waals surface area (Å²) >= 11 is 0. The van der Waals surface area contributed by atoms with Crippen molar-refractivity contribution in [2.45, 2.75) is 13.5 Å². The van der Waals surface area contributed by atoms with E-state index in [0.29, 0.717) is 16.8 Å². The number of carbonyl (C=O) groups excluding carboxylic acids is 1. The minimum Gasteiger partial charge on any atom is -0.497 e. The quantitative estimate of drug-likeness (QED) is 0.550. The van der Waals surface area contributed by atoms with E-state index < -0.39 is 0 Å². The third-order valence-electron chi connectivity index (χ3n) is 4.86. The monoisotopic (exact) mass is 399 g/mol. The molecule has 0 aliphatic heterocycles. The summed E-state index contributed by atoms with van der Waals surface area (Å²) in [6.45, 7) is 1.80. The van der Waals surface area contributed by atoms with E-state index in [-0.39, 0.29) is 18.0 Å². The minimum atomic E-state index is -0.315. The van der Waals surface area contributed by atoms with Gasteiger partial charge in [-0.3, -0.25) is 9.59 Å². The fourth-order valence-electron chi connectivity index (χ4n) is 3.28. The average Bonchev–Trinajstić information content (AvgIpc) is 2.77. The van der Waals surface area contributed by atoms with E-state index in [9.17, 15) is 9.59 Å². The van der Waals surface area contributed by atoms with E-state index >= 15 is 0 Å². The Morgan fingerprint density at radius 1 is 0.967 bits per heavy atom. The second-order valence-corrected chi connectivity index (χ2v) is 7.00. The molecule has 1 heterocycles. The average molecular weight is 399 g/mol. The first-order valence-electron chi connectivity index (χ1n) is 9.56. The standard InChI is InChI=1S/C24H21N3O3/c1-16-7-11-18(12-8-16)25-22(28)15-27-24(29)21-6-4-3-5-20(21)23(26-27)17-9-13-19(30-2)14-10-17/h3-14H,15H2,1-2H3,(H,25,28). The fraction of sp³-hybridized carbons (Fsp3) is 0.125. The summed E-state index contributed by atoms with van der Waals surface area (Å²) in [5, 5.41) is 8.59. The molecule has 0 radical (unpaired) electrons. The fourth-order valence-corrected chi connectivity index (χ4v) is 3.28. The van der Waals surface area contributed by atoms with Crippen molar-refractivity contribution in [3.63, 3.8) is 0 Å². The first kappa shape index (κ1) is 19.4. The highest BCUT2D eigenvalue weighted by Crippen LogP contribution is 2.26. The van der Waals surface area contributed by atoms with Crippen molar-refractivity contribution in [3.05, 3.63) is 88.7 Å². The number of benzene rings is 3. The van der Waals surface area contributed by atoms with Crippen LogP contribution < -0.4 is 15.6 Å². The first-order valence-corrected chi connectivity index (χ1v) is 9.56. The van der Waals surface area contributed by atoms with Gasteiger partial charge in [0.15, 0.2) is 0 Å². The van der Waals surface area contributed by atoms with Crippen molar-refractivity contribution >= 4 is 22.4 Å². The lowest BCUT2D eigenvalue weighted by Gasteiger charge is -2.12. The van der Waals surface area contributed by atoms with Gasteiger partial charge in [0.05, 0.1) is 18.2 Å². The zero-order valence-electron chi connectivity index (χ0n) is 16.8. The number of methoxy groups -OCH3 is 1. The molecule has 0 aliphatic carbocycles. The molecule has 4 aromatic rings. The van der Waals surface area contributed by atoms with Gasteiger partial charge >= 0.3 is 0 Å². The Hall–Kier alpha value is -3.93. The van der Waals surface area contributed by atoms with Crippen LogP contribution in [0, 0.1) is 6.92 Å². The van der Waals surface area contributed by atoms with Crippen LogP contribution in [0.3, 0.4) is 0 Å². The largest absolute Gasteiger partial charge is 0.497 e. The summed E-state index contributed by atoms with van der Waals surface area (Å²) in [4.78, 5) is 25.5. The molecular weight excluding hydrogens is 378 g/mol. The number of aryl methyl sites for hydroxylation is 1. The minimum absolute atomic E-state index is 0.180. The molecular formula is C24H21N3O3. The molecule has 6 nitrogen and oxygen atoms in total.